The highest BCUT2D eigenvalue weighted by Gasteiger charge is 2.14. The van der Waals surface area contributed by atoms with E-state index in [2.05, 4.69) is 10.3 Å². The third kappa shape index (κ3) is 3.65. The summed E-state index contributed by atoms with van der Waals surface area (Å²) >= 11 is 0. The van der Waals surface area contributed by atoms with Gasteiger partial charge in [-0.15, -0.1) is 0 Å². The summed E-state index contributed by atoms with van der Waals surface area (Å²) in [4.78, 5) is 16.2. The van der Waals surface area contributed by atoms with Crippen molar-refractivity contribution in [1.29, 1.82) is 0 Å². The van der Waals surface area contributed by atoms with Gasteiger partial charge in [-0.05, 0) is 31.0 Å². The van der Waals surface area contributed by atoms with Crippen LogP contribution in [0.3, 0.4) is 0 Å². The molecule has 2 rings (SSSR count). The van der Waals surface area contributed by atoms with Crippen LogP contribution in [0.4, 0.5) is 0 Å². The van der Waals surface area contributed by atoms with Gasteiger partial charge in [0.2, 0.25) is 5.91 Å². The molecule has 0 aliphatic rings. The van der Waals surface area contributed by atoms with E-state index in [4.69, 9.17) is 5.73 Å². The number of aromatic nitrogens is 1. The van der Waals surface area contributed by atoms with Gasteiger partial charge in [0.15, 0.2) is 0 Å². The van der Waals surface area contributed by atoms with Crippen molar-refractivity contribution in [3.05, 3.63) is 65.0 Å². The number of rotatable bonds is 4. The molecule has 1 unspecified atom stereocenters. The molecule has 1 aromatic carbocycles. The maximum Gasteiger partial charge on any atom is 0.241 e. The minimum Gasteiger partial charge on any atom is -0.350 e. The first-order valence-electron chi connectivity index (χ1n) is 6.57. The van der Waals surface area contributed by atoms with Gasteiger partial charge in [-0.3, -0.25) is 9.78 Å². The fraction of sp³-hybridized carbons (Fsp3) is 0.250. The third-order valence-corrected chi connectivity index (χ3v) is 3.16. The van der Waals surface area contributed by atoms with Crippen molar-refractivity contribution >= 4 is 5.91 Å². The van der Waals surface area contributed by atoms with E-state index in [1.54, 1.807) is 6.20 Å². The normalized spacial score (nSPS) is 11.9. The molecular weight excluding hydrogens is 250 g/mol. The Kier molecular flexibility index (Phi) is 4.48. The summed E-state index contributed by atoms with van der Waals surface area (Å²) in [5, 5.41) is 2.83. The molecule has 104 valence electrons. The zero-order valence-electron chi connectivity index (χ0n) is 11.8. The summed E-state index contributed by atoms with van der Waals surface area (Å²) < 4.78 is 0. The average molecular weight is 269 g/mol. The first-order chi connectivity index (χ1) is 9.56. The summed E-state index contributed by atoms with van der Waals surface area (Å²) in [6.07, 6.45) is 1.76. The minimum atomic E-state index is -0.644. The monoisotopic (exact) mass is 269 g/mol. The van der Waals surface area contributed by atoms with Crippen LogP contribution in [-0.2, 0) is 11.3 Å². The maximum absolute atomic E-state index is 12.0. The number of pyridine rings is 1. The number of amides is 1. The zero-order valence-corrected chi connectivity index (χ0v) is 11.8. The highest BCUT2D eigenvalue weighted by atomic mass is 16.2. The fourth-order valence-electron chi connectivity index (χ4n) is 1.83. The van der Waals surface area contributed by atoms with Crippen LogP contribution in [0.15, 0.2) is 42.6 Å². The Bertz CT molecular complexity index is 576. The second kappa shape index (κ2) is 6.30. The molecule has 0 aliphatic carbocycles. The fourth-order valence-corrected chi connectivity index (χ4v) is 1.83. The minimum absolute atomic E-state index is 0.186. The van der Waals surface area contributed by atoms with Gasteiger partial charge < -0.3 is 11.1 Å². The quantitative estimate of drug-likeness (QED) is 0.892. The van der Waals surface area contributed by atoms with Crippen LogP contribution < -0.4 is 11.1 Å². The Hall–Kier alpha value is -2.20. The van der Waals surface area contributed by atoms with Crippen LogP contribution in [-0.4, -0.2) is 10.9 Å². The molecule has 4 nitrogen and oxygen atoms in total. The summed E-state index contributed by atoms with van der Waals surface area (Å²) in [7, 11) is 0. The molecule has 1 atom stereocenters. The van der Waals surface area contributed by atoms with Gasteiger partial charge >= 0.3 is 0 Å². The van der Waals surface area contributed by atoms with Gasteiger partial charge in [0, 0.05) is 18.4 Å². The molecule has 0 saturated carbocycles. The Morgan fingerprint density at radius 3 is 2.50 bits per heavy atom. The number of nitrogens with two attached hydrogens (primary N) is 1. The van der Waals surface area contributed by atoms with Gasteiger partial charge in [-0.25, -0.2) is 0 Å². The molecule has 3 N–H and O–H groups in total. The van der Waals surface area contributed by atoms with E-state index in [0.29, 0.717) is 6.54 Å². The second-order valence-corrected chi connectivity index (χ2v) is 4.91. The Morgan fingerprint density at radius 1 is 1.20 bits per heavy atom. The molecule has 1 heterocycles. The molecular formula is C16H19N3O. The summed E-state index contributed by atoms with van der Waals surface area (Å²) in [5.74, 6) is -0.186. The summed E-state index contributed by atoms with van der Waals surface area (Å²) in [6.45, 7) is 4.36. The van der Waals surface area contributed by atoms with E-state index >= 15 is 0 Å². The predicted octanol–water partition coefficient (Wildman–Crippen LogP) is 2.01. The molecule has 20 heavy (non-hydrogen) atoms. The lowest BCUT2D eigenvalue weighted by Gasteiger charge is -2.13. The molecule has 0 bridgehead atoms. The van der Waals surface area contributed by atoms with Gasteiger partial charge in [0.25, 0.3) is 0 Å². The predicted molar refractivity (Wildman–Crippen MR) is 78.9 cm³/mol. The first kappa shape index (κ1) is 14.2. The van der Waals surface area contributed by atoms with E-state index in [1.807, 2.05) is 50.2 Å². The number of nitrogens with one attached hydrogen (secondary N) is 1. The molecule has 0 saturated heterocycles. The van der Waals surface area contributed by atoms with Gasteiger partial charge in [0.1, 0.15) is 6.04 Å². The van der Waals surface area contributed by atoms with E-state index in [9.17, 15) is 4.79 Å². The molecule has 1 aromatic heterocycles. The van der Waals surface area contributed by atoms with Crippen molar-refractivity contribution in [3.8, 4) is 0 Å². The van der Waals surface area contributed by atoms with Crippen molar-refractivity contribution in [2.75, 3.05) is 0 Å². The lowest BCUT2D eigenvalue weighted by atomic mass is 10.1. The number of hydrogen-bond acceptors (Lipinski definition) is 3. The smallest absolute Gasteiger partial charge is 0.241 e. The number of hydrogen-bond donors (Lipinski definition) is 2. The van der Waals surface area contributed by atoms with E-state index < -0.39 is 6.04 Å². The van der Waals surface area contributed by atoms with E-state index in [0.717, 1.165) is 22.4 Å². The first-order valence-corrected chi connectivity index (χ1v) is 6.57. The molecule has 0 radical (unpaired) electrons. The largest absolute Gasteiger partial charge is 0.350 e. The highest BCUT2D eigenvalue weighted by Crippen LogP contribution is 2.11. The number of carbonyl (C=O) groups is 1. The molecule has 2 aromatic rings. The van der Waals surface area contributed by atoms with Crippen LogP contribution >= 0.6 is 0 Å². The topological polar surface area (TPSA) is 68.0 Å². The number of aryl methyl sites for hydroxylation is 2. The number of nitrogens with zero attached hydrogens (tertiary/aromatic N) is 1. The van der Waals surface area contributed by atoms with Crippen LogP contribution in [0, 0.1) is 13.8 Å². The van der Waals surface area contributed by atoms with Gasteiger partial charge in [0.05, 0.1) is 0 Å². The van der Waals surface area contributed by atoms with Gasteiger partial charge in [-0.1, -0.05) is 35.9 Å². The average Bonchev–Trinajstić information content (AvgIpc) is 2.46. The number of carbonyl (C=O) groups excluding carboxylic acids is 1. The second-order valence-electron chi connectivity index (χ2n) is 4.91. The Labute approximate surface area is 119 Å². The standard InChI is InChI=1S/C16H19N3O/c1-11-3-7-14(8-4-11)15(17)16(20)19-10-13-6-5-12(2)18-9-13/h3-9,15H,10,17H2,1-2H3,(H,19,20). The van der Waals surface area contributed by atoms with E-state index in [-0.39, 0.29) is 5.91 Å². The van der Waals surface area contributed by atoms with Crippen molar-refractivity contribution in [1.82, 2.24) is 10.3 Å². The molecule has 1 amide bonds. The van der Waals surface area contributed by atoms with Crippen molar-refractivity contribution in [3.63, 3.8) is 0 Å². The van der Waals surface area contributed by atoms with E-state index in [1.165, 1.54) is 0 Å². The van der Waals surface area contributed by atoms with Crippen LogP contribution in [0.2, 0.25) is 0 Å². The molecule has 0 aliphatic heterocycles. The lowest BCUT2D eigenvalue weighted by Crippen LogP contribution is -2.33. The van der Waals surface area contributed by atoms with Crippen LogP contribution in [0.25, 0.3) is 0 Å². The van der Waals surface area contributed by atoms with Gasteiger partial charge in [-0.2, -0.15) is 0 Å². The van der Waals surface area contributed by atoms with Crippen LogP contribution in [0.1, 0.15) is 28.4 Å². The SMILES string of the molecule is Cc1ccc(C(N)C(=O)NCc2ccc(C)nc2)cc1. The van der Waals surface area contributed by atoms with Crippen molar-refractivity contribution < 1.29 is 4.79 Å². The Morgan fingerprint density at radius 2 is 1.90 bits per heavy atom. The number of benzene rings is 1. The van der Waals surface area contributed by atoms with Crippen molar-refractivity contribution in [2.45, 2.75) is 26.4 Å². The van der Waals surface area contributed by atoms with Crippen LogP contribution in [0.5, 0.6) is 0 Å². The maximum atomic E-state index is 12.0. The Balaban J connectivity index is 1.94. The summed E-state index contributed by atoms with van der Waals surface area (Å²) in [6, 6.07) is 10.9. The molecule has 0 spiro atoms. The zero-order chi connectivity index (χ0) is 14.5. The highest BCUT2D eigenvalue weighted by molar-refractivity contribution is 5.82. The molecule has 0 fully saturated rings. The summed E-state index contributed by atoms with van der Waals surface area (Å²) in [5.41, 5.74) is 9.82. The van der Waals surface area contributed by atoms with Crippen molar-refractivity contribution in [2.24, 2.45) is 5.73 Å². The third-order valence-electron chi connectivity index (χ3n) is 3.16. The molecule has 4 heteroatoms. The lowest BCUT2D eigenvalue weighted by molar-refractivity contribution is -0.122.